The van der Waals surface area contributed by atoms with E-state index in [1.807, 2.05) is 37.4 Å². The number of carbonyl (C=O) groups excluding carboxylic acids is 1. The lowest BCUT2D eigenvalue weighted by atomic mass is 9.98. The molecule has 0 radical (unpaired) electrons. The number of nitrogens with zero attached hydrogens (tertiary/aromatic N) is 2. The van der Waals surface area contributed by atoms with Gasteiger partial charge in [-0.05, 0) is 34.2 Å². The van der Waals surface area contributed by atoms with E-state index in [0.29, 0.717) is 19.6 Å². The van der Waals surface area contributed by atoms with Crippen molar-refractivity contribution in [2.75, 3.05) is 13.2 Å². The molecule has 0 spiro atoms. The van der Waals surface area contributed by atoms with Crippen molar-refractivity contribution >= 4 is 6.09 Å². The van der Waals surface area contributed by atoms with E-state index in [9.17, 15) is 4.79 Å². The van der Waals surface area contributed by atoms with Gasteiger partial charge in [-0.3, -0.25) is 4.68 Å². The Labute approximate surface area is 164 Å². The number of ether oxygens (including phenoxy) is 1. The van der Waals surface area contributed by atoms with Gasteiger partial charge < -0.3 is 10.1 Å². The van der Waals surface area contributed by atoms with E-state index in [-0.39, 0.29) is 5.92 Å². The Morgan fingerprint density at radius 1 is 1.11 bits per heavy atom. The summed E-state index contributed by atoms with van der Waals surface area (Å²) in [7, 11) is 1.85. The standard InChI is InChI=1S/C23H21N3O2/c1-26-17(13-15-25-26)8-6-7-14-24-23(27)28-16-22-20-11-4-2-9-18(20)19-10-3-5-12-21(19)22/h2-5,9-13,15,22H,7,14,16H2,1H3,(H,24,27). The van der Waals surface area contributed by atoms with E-state index in [1.54, 1.807) is 10.9 Å². The third-order valence-corrected chi connectivity index (χ3v) is 4.90. The smallest absolute Gasteiger partial charge is 0.407 e. The summed E-state index contributed by atoms with van der Waals surface area (Å²) in [5.74, 6) is 6.12. The number of carbonyl (C=O) groups is 1. The monoisotopic (exact) mass is 371 g/mol. The van der Waals surface area contributed by atoms with Crippen LogP contribution in [0.3, 0.4) is 0 Å². The van der Waals surface area contributed by atoms with Crippen LogP contribution in [0, 0.1) is 11.8 Å². The van der Waals surface area contributed by atoms with Gasteiger partial charge in [-0.2, -0.15) is 5.10 Å². The average molecular weight is 371 g/mol. The Kier molecular flexibility index (Phi) is 5.11. The van der Waals surface area contributed by atoms with E-state index in [0.717, 1.165) is 5.69 Å². The molecule has 1 aliphatic carbocycles. The van der Waals surface area contributed by atoms with Crippen molar-refractivity contribution in [2.24, 2.45) is 7.05 Å². The lowest BCUT2D eigenvalue weighted by Gasteiger charge is -2.14. The SMILES string of the molecule is Cn1nccc1C#CCCNC(=O)OCC1c2ccccc2-c2ccccc21. The van der Waals surface area contributed by atoms with E-state index in [2.05, 4.69) is 46.5 Å². The van der Waals surface area contributed by atoms with Crippen LogP contribution in [-0.2, 0) is 11.8 Å². The molecule has 3 aromatic rings. The molecule has 5 nitrogen and oxygen atoms in total. The first kappa shape index (κ1) is 17.9. The number of amides is 1. The predicted molar refractivity (Wildman–Crippen MR) is 108 cm³/mol. The number of rotatable bonds is 4. The fourth-order valence-electron chi connectivity index (χ4n) is 3.53. The Bertz CT molecular complexity index is 1010. The van der Waals surface area contributed by atoms with Crippen molar-refractivity contribution in [1.82, 2.24) is 15.1 Å². The molecule has 1 N–H and O–H groups in total. The van der Waals surface area contributed by atoms with Gasteiger partial charge in [-0.25, -0.2) is 4.79 Å². The van der Waals surface area contributed by atoms with Gasteiger partial charge in [0.05, 0.1) is 6.20 Å². The van der Waals surface area contributed by atoms with Gasteiger partial charge in [0.25, 0.3) is 0 Å². The molecule has 1 heterocycles. The molecule has 28 heavy (non-hydrogen) atoms. The van der Waals surface area contributed by atoms with Crippen LogP contribution in [-0.4, -0.2) is 29.0 Å². The molecule has 1 aromatic heterocycles. The van der Waals surface area contributed by atoms with Crippen LogP contribution in [0.15, 0.2) is 60.8 Å². The van der Waals surface area contributed by atoms with E-state index in [1.165, 1.54) is 22.3 Å². The number of hydrogen-bond donors (Lipinski definition) is 1. The topological polar surface area (TPSA) is 56.2 Å². The van der Waals surface area contributed by atoms with Crippen LogP contribution >= 0.6 is 0 Å². The molecule has 0 atom stereocenters. The number of aromatic nitrogens is 2. The highest BCUT2D eigenvalue weighted by Gasteiger charge is 2.28. The lowest BCUT2D eigenvalue weighted by Crippen LogP contribution is -2.26. The van der Waals surface area contributed by atoms with Gasteiger partial charge in [-0.15, -0.1) is 0 Å². The highest BCUT2D eigenvalue weighted by atomic mass is 16.5. The maximum Gasteiger partial charge on any atom is 0.407 e. The number of aryl methyl sites for hydroxylation is 1. The molecule has 1 amide bonds. The third kappa shape index (κ3) is 3.63. The summed E-state index contributed by atoms with van der Waals surface area (Å²) in [6.45, 7) is 0.766. The van der Waals surface area contributed by atoms with Crippen LogP contribution in [0.2, 0.25) is 0 Å². The maximum atomic E-state index is 12.1. The molecule has 0 saturated carbocycles. The van der Waals surface area contributed by atoms with Gasteiger partial charge in [0.2, 0.25) is 0 Å². The lowest BCUT2D eigenvalue weighted by molar-refractivity contribution is 0.143. The highest BCUT2D eigenvalue weighted by Crippen LogP contribution is 2.44. The molecule has 0 aliphatic heterocycles. The van der Waals surface area contributed by atoms with Gasteiger partial charge in [0, 0.05) is 25.9 Å². The van der Waals surface area contributed by atoms with Crippen LogP contribution in [0.5, 0.6) is 0 Å². The quantitative estimate of drug-likeness (QED) is 0.562. The molecular weight excluding hydrogens is 350 g/mol. The third-order valence-electron chi connectivity index (χ3n) is 4.90. The second kappa shape index (κ2) is 8.01. The van der Waals surface area contributed by atoms with E-state index < -0.39 is 6.09 Å². The molecule has 0 saturated heterocycles. The number of benzene rings is 2. The Morgan fingerprint density at radius 2 is 1.79 bits per heavy atom. The van der Waals surface area contributed by atoms with Crippen molar-refractivity contribution in [3.8, 4) is 23.0 Å². The number of nitrogens with one attached hydrogen (secondary N) is 1. The van der Waals surface area contributed by atoms with Crippen molar-refractivity contribution in [1.29, 1.82) is 0 Å². The number of hydrogen-bond acceptors (Lipinski definition) is 3. The fourth-order valence-corrected chi connectivity index (χ4v) is 3.53. The molecule has 140 valence electrons. The van der Waals surface area contributed by atoms with Crippen molar-refractivity contribution in [2.45, 2.75) is 12.3 Å². The summed E-state index contributed by atoms with van der Waals surface area (Å²) in [4.78, 5) is 12.1. The molecule has 1 aliphatic rings. The Morgan fingerprint density at radius 3 is 2.43 bits per heavy atom. The van der Waals surface area contributed by atoms with Crippen molar-refractivity contribution < 1.29 is 9.53 Å². The second-order valence-electron chi connectivity index (χ2n) is 6.64. The van der Waals surface area contributed by atoms with Crippen molar-refractivity contribution in [3.05, 3.63) is 77.6 Å². The van der Waals surface area contributed by atoms with Crippen molar-refractivity contribution in [3.63, 3.8) is 0 Å². The van der Waals surface area contributed by atoms with Gasteiger partial charge >= 0.3 is 6.09 Å². The molecule has 5 heteroatoms. The molecular formula is C23H21N3O2. The first-order chi connectivity index (χ1) is 13.7. The van der Waals surface area contributed by atoms with Gasteiger partial charge in [-0.1, -0.05) is 54.5 Å². The fraction of sp³-hybridized carbons (Fsp3) is 0.217. The summed E-state index contributed by atoms with van der Waals surface area (Å²) in [5.41, 5.74) is 5.70. The first-order valence-electron chi connectivity index (χ1n) is 9.30. The van der Waals surface area contributed by atoms with Crippen LogP contribution < -0.4 is 5.32 Å². The summed E-state index contributed by atoms with van der Waals surface area (Å²) in [6, 6.07) is 18.4. The Hall–Kier alpha value is -3.52. The molecule has 0 unspecified atom stereocenters. The first-order valence-corrected chi connectivity index (χ1v) is 9.30. The minimum Gasteiger partial charge on any atom is -0.449 e. The predicted octanol–water partition coefficient (Wildman–Crippen LogP) is 3.70. The average Bonchev–Trinajstić information content (AvgIpc) is 3.27. The van der Waals surface area contributed by atoms with Crippen LogP contribution in [0.4, 0.5) is 4.79 Å². The molecule has 0 fully saturated rings. The zero-order valence-corrected chi connectivity index (χ0v) is 15.7. The minimum atomic E-state index is -0.413. The summed E-state index contributed by atoms with van der Waals surface area (Å²) < 4.78 is 7.21. The highest BCUT2D eigenvalue weighted by molar-refractivity contribution is 5.79. The second-order valence-corrected chi connectivity index (χ2v) is 6.64. The zero-order chi connectivity index (χ0) is 19.3. The minimum absolute atomic E-state index is 0.0720. The number of alkyl carbamates (subject to hydrolysis) is 1. The zero-order valence-electron chi connectivity index (χ0n) is 15.7. The van der Waals surface area contributed by atoms with Gasteiger partial charge in [0.15, 0.2) is 0 Å². The van der Waals surface area contributed by atoms with Gasteiger partial charge in [0.1, 0.15) is 12.3 Å². The maximum absolute atomic E-state index is 12.1. The van der Waals surface area contributed by atoms with E-state index in [4.69, 9.17) is 4.74 Å². The summed E-state index contributed by atoms with van der Waals surface area (Å²) >= 11 is 0. The summed E-state index contributed by atoms with van der Waals surface area (Å²) in [5, 5.41) is 6.83. The molecule has 0 bridgehead atoms. The number of fused-ring (bicyclic) bond motifs is 3. The normalized spacial score (nSPS) is 11.9. The van der Waals surface area contributed by atoms with Crippen LogP contribution in [0.25, 0.3) is 11.1 Å². The van der Waals surface area contributed by atoms with E-state index >= 15 is 0 Å². The van der Waals surface area contributed by atoms with Crippen LogP contribution in [0.1, 0.15) is 29.2 Å². The largest absolute Gasteiger partial charge is 0.449 e. The Balaban J connectivity index is 1.31. The molecule has 4 rings (SSSR count). The summed E-state index contributed by atoms with van der Waals surface area (Å²) in [6.07, 6.45) is 1.85. The molecule has 2 aromatic carbocycles.